The van der Waals surface area contributed by atoms with Crippen LogP contribution in [0.4, 0.5) is 11.4 Å². The van der Waals surface area contributed by atoms with E-state index in [0.717, 1.165) is 0 Å². The Morgan fingerprint density at radius 3 is 2.29 bits per heavy atom. The van der Waals surface area contributed by atoms with E-state index in [-0.39, 0.29) is 33.8 Å². The number of nitrogens with one attached hydrogen (secondary N) is 2. The lowest BCUT2D eigenvalue weighted by Gasteiger charge is -2.11. The number of amides is 2. The van der Waals surface area contributed by atoms with E-state index in [9.17, 15) is 14.7 Å². The third-order valence-corrected chi connectivity index (χ3v) is 4.02. The lowest BCUT2D eigenvalue weighted by Crippen LogP contribution is -2.13. The number of rotatable bonds is 6. The van der Waals surface area contributed by atoms with Crippen molar-refractivity contribution in [1.82, 2.24) is 0 Å². The number of furan rings is 1. The van der Waals surface area contributed by atoms with Crippen LogP contribution >= 0.6 is 11.6 Å². The fourth-order valence-corrected chi connectivity index (χ4v) is 2.62. The highest BCUT2D eigenvalue weighted by molar-refractivity contribution is 6.32. The molecule has 144 valence electrons. The van der Waals surface area contributed by atoms with Gasteiger partial charge in [0.1, 0.15) is 0 Å². The van der Waals surface area contributed by atoms with Crippen molar-refractivity contribution in [1.29, 1.82) is 0 Å². The highest BCUT2D eigenvalue weighted by atomic mass is 35.5. The van der Waals surface area contributed by atoms with E-state index in [1.165, 1.54) is 18.4 Å². The number of ether oxygens (including phenoxy) is 1. The maximum Gasteiger partial charge on any atom is 0.291 e. The van der Waals surface area contributed by atoms with E-state index < -0.39 is 5.91 Å². The molecule has 2 amide bonds. The van der Waals surface area contributed by atoms with Gasteiger partial charge in [0.15, 0.2) is 17.3 Å². The Morgan fingerprint density at radius 2 is 1.71 bits per heavy atom. The standard InChI is InChI=1S/C20H17ClN2O5/c1-2-27-17-11-12(10-15(21)18(17)24)19(25)22-13-5-7-14(8-6-13)23-20(26)16-4-3-9-28-16/h3-11,24H,2H2,1H3,(H,22,25)(H,23,26). The third kappa shape index (κ3) is 4.44. The predicted octanol–water partition coefficient (Wildman–Crippen LogP) is 4.54. The Hall–Kier alpha value is -3.45. The molecule has 1 heterocycles. The molecule has 28 heavy (non-hydrogen) atoms. The molecule has 7 nitrogen and oxygen atoms in total. The van der Waals surface area contributed by atoms with Gasteiger partial charge in [0.2, 0.25) is 0 Å². The average Bonchev–Trinajstić information content (AvgIpc) is 3.22. The average molecular weight is 401 g/mol. The number of aromatic hydroxyl groups is 1. The van der Waals surface area contributed by atoms with Crippen molar-refractivity contribution < 1.29 is 23.8 Å². The number of carbonyl (C=O) groups is 2. The second-order valence-electron chi connectivity index (χ2n) is 5.70. The minimum atomic E-state index is -0.421. The molecule has 0 unspecified atom stereocenters. The quantitative estimate of drug-likeness (QED) is 0.563. The monoisotopic (exact) mass is 400 g/mol. The number of hydrogen-bond acceptors (Lipinski definition) is 5. The molecule has 0 radical (unpaired) electrons. The highest BCUT2D eigenvalue weighted by Crippen LogP contribution is 2.35. The van der Waals surface area contributed by atoms with E-state index in [2.05, 4.69) is 10.6 Å². The van der Waals surface area contributed by atoms with Gasteiger partial charge in [0.25, 0.3) is 11.8 Å². The van der Waals surface area contributed by atoms with Crippen LogP contribution < -0.4 is 15.4 Å². The molecule has 2 aromatic carbocycles. The third-order valence-electron chi connectivity index (χ3n) is 3.74. The zero-order valence-corrected chi connectivity index (χ0v) is 15.6. The zero-order valence-electron chi connectivity index (χ0n) is 14.9. The van der Waals surface area contributed by atoms with E-state index in [0.29, 0.717) is 18.0 Å². The Bertz CT molecular complexity index is 985. The van der Waals surface area contributed by atoms with Crippen molar-refractivity contribution in [3.63, 3.8) is 0 Å². The summed E-state index contributed by atoms with van der Waals surface area (Å²) in [6, 6.07) is 12.5. The van der Waals surface area contributed by atoms with Crippen LogP contribution in [0.1, 0.15) is 27.8 Å². The molecule has 0 bridgehead atoms. The van der Waals surface area contributed by atoms with Gasteiger partial charge in [-0.25, -0.2) is 0 Å². The van der Waals surface area contributed by atoms with Crippen molar-refractivity contribution in [2.24, 2.45) is 0 Å². The second kappa shape index (κ2) is 8.49. The normalized spacial score (nSPS) is 10.4. The van der Waals surface area contributed by atoms with Crippen molar-refractivity contribution >= 4 is 34.8 Å². The molecule has 0 spiro atoms. The molecule has 0 saturated carbocycles. The van der Waals surface area contributed by atoms with Gasteiger partial charge in [-0.1, -0.05) is 11.6 Å². The summed E-state index contributed by atoms with van der Waals surface area (Å²) >= 11 is 5.96. The van der Waals surface area contributed by atoms with Crippen LogP contribution in [0.15, 0.2) is 59.2 Å². The Kier molecular flexibility index (Phi) is 5.86. The first-order valence-electron chi connectivity index (χ1n) is 8.39. The smallest absolute Gasteiger partial charge is 0.291 e. The zero-order chi connectivity index (χ0) is 20.1. The number of hydrogen-bond donors (Lipinski definition) is 3. The maximum absolute atomic E-state index is 12.5. The summed E-state index contributed by atoms with van der Waals surface area (Å²) in [5.41, 5.74) is 1.30. The summed E-state index contributed by atoms with van der Waals surface area (Å²) < 4.78 is 10.3. The Labute approximate surface area is 165 Å². The lowest BCUT2D eigenvalue weighted by atomic mass is 10.1. The Balaban J connectivity index is 1.68. The SMILES string of the molecule is CCOc1cc(C(=O)Nc2ccc(NC(=O)c3ccco3)cc2)cc(Cl)c1O. The number of halogens is 1. The van der Waals surface area contributed by atoms with Crippen LogP contribution in [0.2, 0.25) is 5.02 Å². The van der Waals surface area contributed by atoms with Gasteiger partial charge in [-0.2, -0.15) is 0 Å². The summed E-state index contributed by atoms with van der Waals surface area (Å²) in [7, 11) is 0. The minimum Gasteiger partial charge on any atom is -0.503 e. The summed E-state index contributed by atoms with van der Waals surface area (Å²) in [6.45, 7) is 2.08. The lowest BCUT2D eigenvalue weighted by molar-refractivity contribution is 0.0994. The fraction of sp³-hybridized carbons (Fsp3) is 0.100. The van der Waals surface area contributed by atoms with Crippen molar-refractivity contribution in [2.75, 3.05) is 17.2 Å². The van der Waals surface area contributed by atoms with Crippen LogP contribution in [-0.4, -0.2) is 23.5 Å². The largest absolute Gasteiger partial charge is 0.503 e. The van der Waals surface area contributed by atoms with Gasteiger partial charge in [0.05, 0.1) is 17.9 Å². The van der Waals surface area contributed by atoms with Crippen LogP contribution in [0, 0.1) is 0 Å². The maximum atomic E-state index is 12.5. The van der Waals surface area contributed by atoms with Crippen molar-refractivity contribution in [2.45, 2.75) is 6.92 Å². The molecular formula is C20H17ClN2O5. The van der Waals surface area contributed by atoms with Gasteiger partial charge in [0, 0.05) is 16.9 Å². The summed E-state index contributed by atoms with van der Waals surface area (Å²) in [6.07, 6.45) is 1.42. The summed E-state index contributed by atoms with van der Waals surface area (Å²) in [5.74, 6) is -0.668. The van der Waals surface area contributed by atoms with Gasteiger partial charge < -0.3 is 24.9 Å². The van der Waals surface area contributed by atoms with Crippen LogP contribution in [-0.2, 0) is 0 Å². The molecular weight excluding hydrogens is 384 g/mol. The number of phenolic OH excluding ortho intramolecular Hbond substituents is 1. The summed E-state index contributed by atoms with van der Waals surface area (Å²) in [5, 5.41) is 15.3. The van der Waals surface area contributed by atoms with Gasteiger partial charge in [-0.05, 0) is 55.5 Å². The van der Waals surface area contributed by atoms with Crippen molar-refractivity contribution in [3.8, 4) is 11.5 Å². The minimum absolute atomic E-state index is 0.0205. The molecule has 8 heteroatoms. The van der Waals surface area contributed by atoms with Crippen molar-refractivity contribution in [3.05, 3.63) is 71.1 Å². The predicted molar refractivity (Wildman–Crippen MR) is 105 cm³/mol. The molecule has 0 aliphatic rings. The van der Waals surface area contributed by atoms with E-state index in [4.69, 9.17) is 20.8 Å². The first kappa shape index (κ1) is 19.3. The molecule has 3 rings (SSSR count). The number of benzene rings is 2. The molecule has 3 N–H and O–H groups in total. The van der Waals surface area contributed by atoms with Crippen LogP contribution in [0.25, 0.3) is 0 Å². The van der Waals surface area contributed by atoms with Crippen LogP contribution in [0.5, 0.6) is 11.5 Å². The van der Waals surface area contributed by atoms with Gasteiger partial charge in [-0.15, -0.1) is 0 Å². The molecule has 0 aliphatic carbocycles. The number of carbonyl (C=O) groups excluding carboxylic acids is 2. The Morgan fingerprint density at radius 1 is 1.07 bits per heavy atom. The second-order valence-corrected chi connectivity index (χ2v) is 6.11. The van der Waals surface area contributed by atoms with Gasteiger partial charge >= 0.3 is 0 Å². The molecule has 0 atom stereocenters. The topological polar surface area (TPSA) is 101 Å². The van der Waals surface area contributed by atoms with Gasteiger partial charge in [-0.3, -0.25) is 9.59 Å². The molecule has 1 aromatic heterocycles. The molecule has 0 saturated heterocycles. The number of anilines is 2. The van der Waals surface area contributed by atoms with E-state index in [1.807, 2.05) is 0 Å². The molecule has 0 fully saturated rings. The molecule has 0 aliphatic heterocycles. The number of phenols is 1. The molecule has 3 aromatic rings. The van der Waals surface area contributed by atoms with E-state index >= 15 is 0 Å². The first-order valence-corrected chi connectivity index (χ1v) is 8.77. The fourth-order valence-electron chi connectivity index (χ4n) is 2.41. The van der Waals surface area contributed by atoms with E-state index in [1.54, 1.807) is 43.3 Å². The first-order chi connectivity index (χ1) is 13.5. The van der Waals surface area contributed by atoms with Crippen LogP contribution in [0.3, 0.4) is 0 Å². The highest BCUT2D eigenvalue weighted by Gasteiger charge is 2.15. The summed E-state index contributed by atoms with van der Waals surface area (Å²) in [4.78, 5) is 24.4.